The second kappa shape index (κ2) is 12.4. The maximum Gasteiger partial charge on any atom is 0.268 e. The Morgan fingerprint density at radius 3 is 2.41 bits per heavy atom. The number of H-pyrrole nitrogens is 1. The van der Waals surface area contributed by atoms with Gasteiger partial charge in [0.15, 0.2) is 5.78 Å². The van der Waals surface area contributed by atoms with Gasteiger partial charge >= 0.3 is 0 Å². The van der Waals surface area contributed by atoms with Gasteiger partial charge < -0.3 is 25.3 Å². The van der Waals surface area contributed by atoms with Crippen LogP contribution in [0.5, 0.6) is 5.75 Å². The Kier molecular flexibility index (Phi) is 9.92. The highest BCUT2D eigenvalue weighted by atomic mass is 35.5. The Hall–Kier alpha value is -3.07. The Bertz CT molecular complexity index is 1030. The molecule has 1 heterocycles. The molecule has 1 aromatic carbocycles. The van der Waals surface area contributed by atoms with E-state index in [-0.39, 0.29) is 42.0 Å². The minimum atomic E-state index is -0.919. The van der Waals surface area contributed by atoms with E-state index >= 15 is 0 Å². The molecule has 0 saturated carbocycles. The largest absolute Gasteiger partial charge is 0.496 e. The number of ether oxygens (including phenoxy) is 1. The van der Waals surface area contributed by atoms with Crippen LogP contribution in [0.25, 0.3) is 10.9 Å². The molecule has 0 aliphatic rings. The topological polar surface area (TPSA) is 121 Å². The first-order valence-electron chi connectivity index (χ1n) is 11.1. The zero-order chi connectivity index (χ0) is 25.4. The van der Waals surface area contributed by atoms with Crippen molar-refractivity contribution in [2.45, 2.75) is 45.2 Å². The molecule has 34 heavy (non-hydrogen) atoms. The van der Waals surface area contributed by atoms with Gasteiger partial charge in [0.25, 0.3) is 5.91 Å². The number of ketones is 1. The first-order valence-corrected chi connectivity index (χ1v) is 11.7. The third kappa shape index (κ3) is 7.21. The summed E-state index contributed by atoms with van der Waals surface area (Å²) < 4.78 is 5.34. The lowest BCUT2D eigenvalue weighted by molar-refractivity contribution is -0.131. The molecule has 0 bridgehead atoms. The SMILES string of the molecule is COc1cccc2[nH]c(C(=O)NC(CC(C)C)C(=O)NC(CCC(=O)N(C)C)C(=O)CCl)cc12. The molecular weight excluding hydrogens is 460 g/mol. The quantitative estimate of drug-likeness (QED) is 0.393. The van der Waals surface area contributed by atoms with Crippen LogP contribution in [0.4, 0.5) is 0 Å². The second-order valence-corrected chi connectivity index (χ2v) is 9.02. The number of Topliss-reactive ketones (excluding diaryl/α,β-unsaturated/α-hetero) is 1. The van der Waals surface area contributed by atoms with Crippen molar-refractivity contribution in [1.82, 2.24) is 20.5 Å². The van der Waals surface area contributed by atoms with Crippen molar-refractivity contribution in [2.75, 3.05) is 27.1 Å². The molecule has 0 radical (unpaired) electrons. The summed E-state index contributed by atoms with van der Waals surface area (Å²) in [6.07, 6.45) is 0.566. The third-order valence-corrected chi connectivity index (χ3v) is 5.66. The van der Waals surface area contributed by atoms with Crippen molar-refractivity contribution >= 4 is 46.0 Å². The van der Waals surface area contributed by atoms with Crippen LogP contribution in [0, 0.1) is 5.92 Å². The number of alkyl halides is 1. The van der Waals surface area contributed by atoms with Crippen LogP contribution in [-0.2, 0) is 14.4 Å². The second-order valence-electron chi connectivity index (χ2n) is 8.75. The predicted molar refractivity (Wildman–Crippen MR) is 131 cm³/mol. The van der Waals surface area contributed by atoms with Gasteiger partial charge in [-0.25, -0.2) is 0 Å². The van der Waals surface area contributed by atoms with E-state index in [1.54, 1.807) is 33.3 Å². The average molecular weight is 493 g/mol. The number of aromatic nitrogens is 1. The van der Waals surface area contributed by atoms with Gasteiger partial charge in [-0.1, -0.05) is 19.9 Å². The maximum absolute atomic E-state index is 13.1. The minimum Gasteiger partial charge on any atom is -0.496 e. The van der Waals surface area contributed by atoms with Gasteiger partial charge in [0, 0.05) is 31.4 Å². The number of amides is 3. The normalized spacial score (nSPS) is 12.8. The number of carbonyl (C=O) groups is 4. The number of hydrogen-bond donors (Lipinski definition) is 3. The van der Waals surface area contributed by atoms with Gasteiger partial charge in [-0.2, -0.15) is 0 Å². The Balaban J connectivity index is 2.18. The summed E-state index contributed by atoms with van der Waals surface area (Å²) in [5.74, 6) is -1.09. The fraction of sp³-hybridized carbons (Fsp3) is 0.500. The molecule has 2 unspecified atom stereocenters. The molecule has 186 valence electrons. The van der Waals surface area contributed by atoms with Gasteiger partial charge in [-0.05, 0) is 37.0 Å². The standard InChI is InChI=1S/C24H33ClN4O5/c1-14(2)11-18(23(32)27-17(20(30)13-25)9-10-22(31)29(3)4)28-24(33)19-12-15-16(26-19)7-6-8-21(15)34-5/h6-8,12,14,17-18,26H,9-11,13H2,1-5H3,(H,27,32)(H,28,33). The highest BCUT2D eigenvalue weighted by Gasteiger charge is 2.28. The molecule has 1 aromatic heterocycles. The summed E-state index contributed by atoms with van der Waals surface area (Å²) in [7, 11) is 4.79. The molecule has 0 aliphatic heterocycles. The van der Waals surface area contributed by atoms with Gasteiger partial charge in [0.05, 0.1) is 19.0 Å². The van der Waals surface area contributed by atoms with Crippen LogP contribution in [0.3, 0.4) is 0 Å². The summed E-state index contributed by atoms with van der Waals surface area (Å²) in [5, 5.41) is 6.19. The lowest BCUT2D eigenvalue weighted by atomic mass is 10.0. The van der Waals surface area contributed by atoms with E-state index in [2.05, 4.69) is 15.6 Å². The minimum absolute atomic E-state index is 0.0820. The highest BCUT2D eigenvalue weighted by Crippen LogP contribution is 2.26. The van der Waals surface area contributed by atoms with Crippen LogP contribution >= 0.6 is 11.6 Å². The number of nitrogens with zero attached hydrogens (tertiary/aromatic N) is 1. The van der Waals surface area contributed by atoms with Crippen molar-refractivity contribution in [2.24, 2.45) is 5.92 Å². The van der Waals surface area contributed by atoms with Gasteiger partial charge in [-0.3, -0.25) is 19.2 Å². The summed E-state index contributed by atoms with van der Waals surface area (Å²) >= 11 is 5.72. The Labute approximate surface area is 204 Å². The number of nitrogens with one attached hydrogen (secondary N) is 3. The lowest BCUT2D eigenvalue weighted by Gasteiger charge is -2.24. The van der Waals surface area contributed by atoms with Crippen molar-refractivity contribution in [1.29, 1.82) is 0 Å². The molecule has 2 aromatic rings. The molecule has 0 spiro atoms. The van der Waals surface area contributed by atoms with E-state index in [9.17, 15) is 19.2 Å². The summed E-state index contributed by atoms with van der Waals surface area (Å²) in [4.78, 5) is 54.8. The molecule has 0 aliphatic carbocycles. The van der Waals surface area contributed by atoms with E-state index in [1.165, 1.54) is 4.90 Å². The summed E-state index contributed by atoms with van der Waals surface area (Å²) in [6.45, 7) is 3.86. The number of benzene rings is 1. The molecule has 3 amide bonds. The molecule has 10 heteroatoms. The maximum atomic E-state index is 13.1. The van der Waals surface area contributed by atoms with Crippen molar-refractivity contribution in [3.63, 3.8) is 0 Å². The summed E-state index contributed by atoms with van der Waals surface area (Å²) in [6, 6.07) is 5.30. The predicted octanol–water partition coefficient (Wildman–Crippen LogP) is 2.48. The summed E-state index contributed by atoms with van der Waals surface area (Å²) in [5.41, 5.74) is 1.01. The van der Waals surface area contributed by atoms with Crippen LogP contribution < -0.4 is 15.4 Å². The van der Waals surface area contributed by atoms with E-state index < -0.39 is 23.9 Å². The number of rotatable bonds is 12. The zero-order valence-electron chi connectivity index (χ0n) is 20.2. The molecule has 9 nitrogen and oxygen atoms in total. The number of aromatic amines is 1. The number of hydrogen-bond acceptors (Lipinski definition) is 5. The van der Waals surface area contributed by atoms with E-state index in [4.69, 9.17) is 16.3 Å². The number of methoxy groups -OCH3 is 1. The number of halogens is 1. The molecular formula is C24H33ClN4O5. The van der Waals surface area contributed by atoms with Gasteiger partial charge in [-0.15, -0.1) is 11.6 Å². The van der Waals surface area contributed by atoms with E-state index in [0.29, 0.717) is 12.2 Å². The first-order chi connectivity index (χ1) is 16.1. The van der Waals surface area contributed by atoms with Crippen molar-refractivity contribution in [3.8, 4) is 5.75 Å². The van der Waals surface area contributed by atoms with Gasteiger partial charge in [0.1, 0.15) is 17.5 Å². The van der Waals surface area contributed by atoms with Crippen LogP contribution in [0.1, 0.15) is 43.6 Å². The lowest BCUT2D eigenvalue weighted by Crippen LogP contribution is -2.52. The van der Waals surface area contributed by atoms with Crippen LogP contribution in [-0.4, -0.2) is 72.6 Å². The average Bonchev–Trinajstić information content (AvgIpc) is 3.24. The smallest absolute Gasteiger partial charge is 0.268 e. The monoisotopic (exact) mass is 492 g/mol. The van der Waals surface area contributed by atoms with Crippen LogP contribution in [0.2, 0.25) is 0 Å². The van der Waals surface area contributed by atoms with Crippen molar-refractivity contribution < 1.29 is 23.9 Å². The Morgan fingerprint density at radius 2 is 1.82 bits per heavy atom. The fourth-order valence-electron chi connectivity index (χ4n) is 3.54. The Morgan fingerprint density at radius 1 is 1.12 bits per heavy atom. The molecule has 3 N–H and O–H groups in total. The number of fused-ring (bicyclic) bond motifs is 1. The van der Waals surface area contributed by atoms with Crippen molar-refractivity contribution in [3.05, 3.63) is 30.0 Å². The zero-order valence-corrected chi connectivity index (χ0v) is 21.0. The molecule has 2 atom stereocenters. The van der Waals surface area contributed by atoms with E-state index in [0.717, 1.165) is 10.9 Å². The third-order valence-electron chi connectivity index (χ3n) is 5.40. The van der Waals surface area contributed by atoms with E-state index in [1.807, 2.05) is 26.0 Å². The van der Waals surface area contributed by atoms with Gasteiger partial charge in [0.2, 0.25) is 11.8 Å². The molecule has 0 saturated heterocycles. The number of carbonyl (C=O) groups excluding carboxylic acids is 4. The molecule has 0 fully saturated rings. The first kappa shape index (κ1) is 27.2. The van der Waals surface area contributed by atoms with Crippen LogP contribution in [0.15, 0.2) is 24.3 Å². The molecule has 2 rings (SSSR count). The highest BCUT2D eigenvalue weighted by molar-refractivity contribution is 6.28. The fourth-order valence-corrected chi connectivity index (χ4v) is 3.72.